The number of hydrogen-bond acceptors (Lipinski definition) is 3. The van der Waals surface area contributed by atoms with E-state index >= 15 is 0 Å². The van der Waals surface area contributed by atoms with Gasteiger partial charge >= 0.3 is 5.97 Å². The highest BCUT2D eigenvalue weighted by Gasteiger charge is 2.43. The van der Waals surface area contributed by atoms with Crippen LogP contribution in [0.25, 0.3) is 0 Å². The van der Waals surface area contributed by atoms with Crippen LogP contribution in [-0.4, -0.2) is 40.5 Å². The first-order chi connectivity index (χ1) is 12.1. The van der Waals surface area contributed by atoms with E-state index in [1.165, 1.54) is 0 Å². The number of benzene rings is 1. The molecule has 134 valence electrons. The smallest absolute Gasteiger partial charge is 0.330 e. The molecule has 5 heteroatoms. The van der Waals surface area contributed by atoms with Gasteiger partial charge in [0.2, 0.25) is 5.91 Å². The third-order valence-electron chi connectivity index (χ3n) is 5.17. The van der Waals surface area contributed by atoms with Gasteiger partial charge in [0.05, 0.1) is 0 Å². The molecule has 25 heavy (non-hydrogen) atoms. The first kappa shape index (κ1) is 17.7. The molecule has 3 rings (SSSR count). The summed E-state index contributed by atoms with van der Waals surface area (Å²) in [5.41, 5.74) is -0.0157. The van der Waals surface area contributed by atoms with Gasteiger partial charge in [-0.05, 0) is 43.7 Å². The highest BCUT2D eigenvalue weighted by molar-refractivity contribution is 5.87. The average molecular weight is 342 g/mol. The molecule has 0 saturated carbocycles. The van der Waals surface area contributed by atoms with Crippen molar-refractivity contribution >= 4 is 11.9 Å². The number of amides is 1. The lowest BCUT2D eigenvalue weighted by Gasteiger charge is -2.40. The molecule has 5 nitrogen and oxygen atoms in total. The van der Waals surface area contributed by atoms with E-state index in [1.54, 1.807) is 0 Å². The van der Waals surface area contributed by atoms with Crippen LogP contribution in [0.1, 0.15) is 37.7 Å². The van der Waals surface area contributed by atoms with Crippen LogP contribution < -0.4 is 5.32 Å². The number of carboxylic acid groups (broad SMARTS) is 1. The molecule has 1 heterocycles. The van der Waals surface area contributed by atoms with Gasteiger partial charge in [-0.2, -0.15) is 0 Å². The van der Waals surface area contributed by atoms with Crippen molar-refractivity contribution in [3.63, 3.8) is 0 Å². The Kier molecular flexibility index (Phi) is 5.53. The zero-order chi connectivity index (χ0) is 17.7. The minimum atomic E-state index is -1.17. The summed E-state index contributed by atoms with van der Waals surface area (Å²) in [6.07, 6.45) is 7.77. The van der Waals surface area contributed by atoms with Crippen LogP contribution in [-0.2, 0) is 16.1 Å². The van der Waals surface area contributed by atoms with Gasteiger partial charge in [-0.3, -0.25) is 9.69 Å². The summed E-state index contributed by atoms with van der Waals surface area (Å²) < 4.78 is 0. The Morgan fingerprint density at radius 3 is 2.76 bits per heavy atom. The van der Waals surface area contributed by atoms with E-state index in [4.69, 9.17) is 0 Å². The second-order valence-electron chi connectivity index (χ2n) is 7.20. The van der Waals surface area contributed by atoms with Crippen molar-refractivity contribution in [3.05, 3.63) is 48.0 Å². The zero-order valence-corrected chi connectivity index (χ0v) is 14.5. The molecule has 2 aliphatic rings. The first-order valence-electron chi connectivity index (χ1n) is 9.05. The summed E-state index contributed by atoms with van der Waals surface area (Å²) in [7, 11) is 0. The standard InChI is InChI=1S/C20H26N2O3/c23-18(13-16-7-4-5-8-16)21-20(19(24)25)11-6-12-22(15-20)14-17-9-2-1-3-10-17/h1-4,7,9-10,16H,5-6,8,11-15H2,(H,21,23)(H,24,25)/t16-,20-/m0/s1. The predicted octanol–water partition coefficient (Wildman–Crippen LogP) is 2.58. The van der Waals surface area contributed by atoms with Crippen molar-refractivity contribution in [1.29, 1.82) is 0 Å². The third kappa shape index (κ3) is 4.48. The first-order valence-corrected chi connectivity index (χ1v) is 9.05. The number of carbonyl (C=O) groups is 2. The van der Waals surface area contributed by atoms with Crippen molar-refractivity contribution in [1.82, 2.24) is 10.2 Å². The minimum Gasteiger partial charge on any atom is -0.479 e. The summed E-state index contributed by atoms with van der Waals surface area (Å²) >= 11 is 0. The van der Waals surface area contributed by atoms with Crippen LogP contribution in [0.3, 0.4) is 0 Å². The Bertz CT molecular complexity index is 644. The van der Waals surface area contributed by atoms with Gasteiger partial charge in [0, 0.05) is 19.5 Å². The highest BCUT2D eigenvalue weighted by Crippen LogP contribution is 2.25. The van der Waals surface area contributed by atoms with Crippen LogP contribution in [0.2, 0.25) is 0 Å². The molecular formula is C20H26N2O3. The van der Waals surface area contributed by atoms with Crippen molar-refractivity contribution in [2.24, 2.45) is 5.92 Å². The van der Waals surface area contributed by atoms with Gasteiger partial charge in [-0.25, -0.2) is 4.79 Å². The molecule has 1 aliphatic heterocycles. The summed E-state index contributed by atoms with van der Waals surface area (Å²) in [6, 6.07) is 10.0. The van der Waals surface area contributed by atoms with Crippen molar-refractivity contribution in [2.45, 2.75) is 44.2 Å². The van der Waals surface area contributed by atoms with Crippen LogP contribution in [0.4, 0.5) is 0 Å². The molecule has 1 amide bonds. The van der Waals surface area contributed by atoms with Gasteiger partial charge in [-0.15, -0.1) is 0 Å². The number of allylic oxidation sites excluding steroid dienone is 2. The zero-order valence-electron chi connectivity index (χ0n) is 14.5. The second-order valence-corrected chi connectivity index (χ2v) is 7.20. The number of hydrogen-bond donors (Lipinski definition) is 2. The molecule has 0 radical (unpaired) electrons. The van der Waals surface area contributed by atoms with Crippen LogP contribution >= 0.6 is 0 Å². The predicted molar refractivity (Wildman–Crippen MR) is 95.9 cm³/mol. The molecular weight excluding hydrogens is 316 g/mol. The fourth-order valence-electron chi connectivity index (χ4n) is 3.87. The molecule has 2 N–H and O–H groups in total. The number of piperidine rings is 1. The van der Waals surface area contributed by atoms with Gasteiger partial charge in [0.1, 0.15) is 0 Å². The number of likely N-dealkylation sites (tertiary alicyclic amines) is 1. The number of rotatable bonds is 6. The minimum absolute atomic E-state index is 0.152. The van der Waals surface area contributed by atoms with Gasteiger partial charge in [0.15, 0.2) is 5.54 Å². The fourth-order valence-corrected chi connectivity index (χ4v) is 3.87. The molecule has 1 saturated heterocycles. The fraction of sp³-hybridized carbons (Fsp3) is 0.500. The lowest BCUT2D eigenvalue weighted by molar-refractivity contribution is -0.150. The van der Waals surface area contributed by atoms with Gasteiger partial charge in [0.25, 0.3) is 0 Å². The average Bonchev–Trinajstić information content (AvgIpc) is 3.08. The molecule has 1 aliphatic carbocycles. The third-order valence-corrected chi connectivity index (χ3v) is 5.17. The van der Waals surface area contributed by atoms with E-state index in [-0.39, 0.29) is 11.8 Å². The van der Waals surface area contributed by atoms with Crippen LogP contribution in [0.5, 0.6) is 0 Å². The number of carbonyl (C=O) groups excluding carboxylic acids is 1. The monoisotopic (exact) mass is 342 g/mol. The van der Waals surface area contributed by atoms with Crippen molar-refractivity contribution in [2.75, 3.05) is 13.1 Å². The number of carboxylic acids is 1. The van der Waals surface area contributed by atoms with Gasteiger partial charge in [-0.1, -0.05) is 42.5 Å². The van der Waals surface area contributed by atoms with Crippen LogP contribution in [0, 0.1) is 5.92 Å². The maximum Gasteiger partial charge on any atom is 0.330 e. The molecule has 1 aromatic rings. The highest BCUT2D eigenvalue weighted by atomic mass is 16.4. The Hall–Kier alpha value is -2.14. The molecule has 1 fully saturated rings. The van der Waals surface area contributed by atoms with E-state index < -0.39 is 11.5 Å². The number of aliphatic carboxylic acids is 1. The SMILES string of the molecule is O=C(C[C@H]1C=CCC1)N[C@@]1(C(=O)O)CCCN(Cc2ccccc2)C1. The topological polar surface area (TPSA) is 69.6 Å². The molecule has 1 aromatic carbocycles. The number of nitrogens with one attached hydrogen (secondary N) is 1. The molecule has 0 unspecified atom stereocenters. The summed E-state index contributed by atoms with van der Waals surface area (Å²) in [5, 5.41) is 12.7. The summed E-state index contributed by atoms with van der Waals surface area (Å²) in [6.45, 7) is 1.91. The quantitative estimate of drug-likeness (QED) is 0.780. The molecule has 2 atom stereocenters. The second kappa shape index (κ2) is 7.83. The molecule has 0 aromatic heterocycles. The van der Waals surface area contributed by atoms with E-state index in [9.17, 15) is 14.7 Å². The lowest BCUT2D eigenvalue weighted by atomic mass is 9.88. The Morgan fingerprint density at radius 1 is 1.28 bits per heavy atom. The normalized spacial score (nSPS) is 26.5. The van der Waals surface area contributed by atoms with E-state index in [0.717, 1.165) is 31.4 Å². The van der Waals surface area contributed by atoms with Crippen molar-refractivity contribution in [3.8, 4) is 0 Å². The molecule has 0 bridgehead atoms. The number of nitrogens with zero attached hydrogens (tertiary/aromatic N) is 1. The largest absolute Gasteiger partial charge is 0.479 e. The lowest BCUT2D eigenvalue weighted by Crippen LogP contribution is -2.63. The van der Waals surface area contributed by atoms with E-state index in [2.05, 4.69) is 22.4 Å². The Balaban J connectivity index is 1.65. The maximum absolute atomic E-state index is 12.4. The maximum atomic E-state index is 12.4. The Labute approximate surface area is 148 Å². The van der Waals surface area contributed by atoms with Gasteiger partial charge < -0.3 is 10.4 Å². The molecule has 0 spiro atoms. The van der Waals surface area contributed by atoms with E-state index in [0.29, 0.717) is 25.9 Å². The van der Waals surface area contributed by atoms with Crippen molar-refractivity contribution < 1.29 is 14.7 Å². The summed E-state index contributed by atoms with van der Waals surface area (Å²) in [4.78, 5) is 26.5. The van der Waals surface area contributed by atoms with Crippen LogP contribution in [0.15, 0.2) is 42.5 Å². The Morgan fingerprint density at radius 2 is 2.08 bits per heavy atom. The van der Waals surface area contributed by atoms with E-state index in [1.807, 2.05) is 30.3 Å². The summed E-state index contributed by atoms with van der Waals surface area (Å²) in [5.74, 6) is -0.837.